The SMILES string of the molecule is CO/N=C1/C=C2CCC3C(CC[C@@]4(C)C3CC[C@@H]4[C@@H](C)O[Si](C)(C)C)[C@@]2(C)CC1. The quantitative estimate of drug-likeness (QED) is 0.371. The summed E-state index contributed by atoms with van der Waals surface area (Å²) in [6.45, 7) is 14.6. The summed E-state index contributed by atoms with van der Waals surface area (Å²) in [5, 5.41) is 4.26. The summed E-state index contributed by atoms with van der Waals surface area (Å²) in [4.78, 5) is 5.07. The topological polar surface area (TPSA) is 30.8 Å². The first-order valence-electron chi connectivity index (χ1n) is 12.1. The molecule has 0 saturated heterocycles. The minimum Gasteiger partial charge on any atom is -0.415 e. The van der Waals surface area contributed by atoms with Crippen molar-refractivity contribution in [3.8, 4) is 0 Å². The van der Waals surface area contributed by atoms with Crippen LogP contribution in [0, 0.1) is 34.5 Å². The van der Waals surface area contributed by atoms with Crippen molar-refractivity contribution in [1.82, 2.24) is 0 Å². The fraction of sp³-hybridized carbons (Fsp3) is 0.880. The molecule has 0 amide bonds. The van der Waals surface area contributed by atoms with Gasteiger partial charge in [-0.1, -0.05) is 24.6 Å². The molecule has 0 spiro atoms. The predicted molar refractivity (Wildman–Crippen MR) is 124 cm³/mol. The van der Waals surface area contributed by atoms with Crippen LogP contribution in [0.1, 0.15) is 72.1 Å². The maximum atomic E-state index is 6.62. The third-order valence-corrected chi connectivity index (χ3v) is 10.4. The molecule has 29 heavy (non-hydrogen) atoms. The number of allylic oxidation sites excluding steroid dienone is 2. The van der Waals surface area contributed by atoms with Gasteiger partial charge in [-0.25, -0.2) is 0 Å². The molecule has 0 aromatic carbocycles. The molecule has 4 rings (SSSR count). The van der Waals surface area contributed by atoms with Crippen LogP contribution in [-0.2, 0) is 9.26 Å². The average molecular weight is 418 g/mol. The number of nitrogens with zero attached hydrogens (tertiary/aromatic N) is 1. The predicted octanol–water partition coefficient (Wildman–Crippen LogP) is 6.81. The van der Waals surface area contributed by atoms with Crippen molar-refractivity contribution in [3.05, 3.63) is 11.6 Å². The summed E-state index contributed by atoms with van der Waals surface area (Å²) in [6, 6.07) is 0. The van der Waals surface area contributed by atoms with Gasteiger partial charge < -0.3 is 9.26 Å². The number of rotatable bonds is 4. The van der Waals surface area contributed by atoms with Crippen molar-refractivity contribution < 1.29 is 9.26 Å². The maximum Gasteiger partial charge on any atom is 0.184 e. The van der Waals surface area contributed by atoms with Gasteiger partial charge in [0.15, 0.2) is 8.32 Å². The van der Waals surface area contributed by atoms with E-state index in [2.05, 4.69) is 51.6 Å². The Kier molecular flexibility index (Phi) is 5.60. The second kappa shape index (κ2) is 7.51. The van der Waals surface area contributed by atoms with Gasteiger partial charge in [-0.3, -0.25) is 0 Å². The van der Waals surface area contributed by atoms with Gasteiger partial charge in [-0.05, 0) is 119 Å². The molecule has 0 aromatic heterocycles. The summed E-state index contributed by atoms with van der Waals surface area (Å²) < 4.78 is 6.62. The van der Waals surface area contributed by atoms with E-state index in [1.54, 1.807) is 12.7 Å². The van der Waals surface area contributed by atoms with Gasteiger partial charge >= 0.3 is 0 Å². The number of hydrogen-bond acceptors (Lipinski definition) is 3. The van der Waals surface area contributed by atoms with E-state index in [9.17, 15) is 0 Å². The van der Waals surface area contributed by atoms with Crippen molar-refractivity contribution in [2.75, 3.05) is 7.11 Å². The van der Waals surface area contributed by atoms with Crippen LogP contribution in [0.25, 0.3) is 0 Å². The smallest absolute Gasteiger partial charge is 0.184 e. The van der Waals surface area contributed by atoms with Crippen LogP contribution in [0.5, 0.6) is 0 Å². The van der Waals surface area contributed by atoms with E-state index in [0.29, 0.717) is 16.9 Å². The Morgan fingerprint density at radius 1 is 1.03 bits per heavy atom. The highest BCUT2D eigenvalue weighted by atomic mass is 28.4. The van der Waals surface area contributed by atoms with Gasteiger partial charge in [-0.2, -0.15) is 0 Å². The van der Waals surface area contributed by atoms with Gasteiger partial charge in [0.05, 0.1) is 5.71 Å². The van der Waals surface area contributed by atoms with Crippen LogP contribution in [-0.4, -0.2) is 27.2 Å². The Morgan fingerprint density at radius 2 is 1.79 bits per heavy atom. The lowest BCUT2D eigenvalue weighted by molar-refractivity contribution is -0.0658. The molecule has 3 fully saturated rings. The Labute approximate surface area is 179 Å². The van der Waals surface area contributed by atoms with Crippen molar-refractivity contribution >= 4 is 14.0 Å². The van der Waals surface area contributed by atoms with Crippen LogP contribution in [0.15, 0.2) is 16.8 Å². The Bertz CT molecular complexity index is 695. The molecule has 164 valence electrons. The standard InChI is InChI=1S/C25H43NO2Si/c1-17(28-29(5,6)7)21-10-11-22-20-9-8-18-16-19(26-27-4)12-14-24(18,2)23(20)13-15-25(21,22)3/h16-17,20-23H,8-15H2,1-7H3/b26-19+/t17-,20?,21-,22?,23?,24+,25-/m1/s1. The molecule has 0 bridgehead atoms. The molecule has 4 heteroatoms. The monoisotopic (exact) mass is 417 g/mol. The molecule has 3 unspecified atom stereocenters. The first kappa shape index (κ1) is 21.6. The Hall–Kier alpha value is -0.613. The van der Waals surface area contributed by atoms with Gasteiger partial charge in [0.2, 0.25) is 0 Å². The molecule has 0 aliphatic heterocycles. The van der Waals surface area contributed by atoms with E-state index < -0.39 is 8.32 Å². The molecule has 0 aromatic rings. The molecule has 3 nitrogen and oxygen atoms in total. The first-order chi connectivity index (χ1) is 13.6. The lowest BCUT2D eigenvalue weighted by Gasteiger charge is -2.58. The largest absolute Gasteiger partial charge is 0.415 e. The van der Waals surface area contributed by atoms with Gasteiger partial charge in [0, 0.05) is 6.10 Å². The van der Waals surface area contributed by atoms with Gasteiger partial charge in [-0.15, -0.1) is 0 Å². The van der Waals surface area contributed by atoms with E-state index in [0.717, 1.165) is 35.8 Å². The highest BCUT2D eigenvalue weighted by molar-refractivity contribution is 6.69. The molecule has 0 heterocycles. The van der Waals surface area contributed by atoms with E-state index in [1.807, 2.05) is 0 Å². The number of oxime groups is 1. The number of hydrogen-bond donors (Lipinski definition) is 0. The van der Waals surface area contributed by atoms with Crippen LogP contribution in [0.4, 0.5) is 0 Å². The van der Waals surface area contributed by atoms with Crippen LogP contribution in [0.3, 0.4) is 0 Å². The lowest BCUT2D eigenvalue weighted by Crippen LogP contribution is -2.51. The zero-order valence-corrected chi connectivity index (χ0v) is 20.9. The maximum absolute atomic E-state index is 6.62. The second-order valence-corrected chi connectivity index (χ2v) is 16.4. The van der Waals surface area contributed by atoms with Crippen molar-refractivity contribution in [2.24, 2.45) is 39.7 Å². The van der Waals surface area contributed by atoms with E-state index in [4.69, 9.17) is 9.26 Å². The first-order valence-corrected chi connectivity index (χ1v) is 15.5. The normalized spacial score (nSPS) is 44.5. The van der Waals surface area contributed by atoms with Crippen molar-refractivity contribution in [1.29, 1.82) is 0 Å². The molecule has 0 radical (unpaired) electrons. The van der Waals surface area contributed by atoms with E-state index in [1.165, 1.54) is 44.9 Å². The number of fused-ring (bicyclic) bond motifs is 5. The van der Waals surface area contributed by atoms with Crippen LogP contribution >= 0.6 is 0 Å². The molecular formula is C25H43NO2Si. The zero-order chi connectivity index (χ0) is 21.0. The fourth-order valence-electron chi connectivity index (χ4n) is 8.21. The summed E-state index contributed by atoms with van der Waals surface area (Å²) in [7, 11) is 0.179. The second-order valence-electron chi connectivity index (χ2n) is 11.9. The molecule has 4 aliphatic carbocycles. The van der Waals surface area contributed by atoms with Crippen LogP contribution in [0.2, 0.25) is 19.6 Å². The van der Waals surface area contributed by atoms with Gasteiger partial charge in [0.1, 0.15) is 7.11 Å². The average Bonchev–Trinajstić information content (AvgIpc) is 2.98. The molecule has 4 aliphatic rings. The minimum absolute atomic E-state index is 0.384. The molecule has 7 atom stereocenters. The minimum atomic E-state index is -1.49. The van der Waals surface area contributed by atoms with Gasteiger partial charge in [0.25, 0.3) is 0 Å². The molecule has 3 saturated carbocycles. The highest BCUT2D eigenvalue weighted by Crippen LogP contribution is 2.67. The highest BCUT2D eigenvalue weighted by Gasteiger charge is 2.59. The van der Waals surface area contributed by atoms with Crippen LogP contribution < -0.4 is 0 Å². The van der Waals surface area contributed by atoms with Crippen molar-refractivity contribution in [2.45, 2.75) is 97.9 Å². The third-order valence-electron chi connectivity index (χ3n) is 9.37. The summed E-state index contributed by atoms with van der Waals surface area (Å²) in [5.41, 5.74) is 3.68. The fourth-order valence-corrected chi connectivity index (χ4v) is 9.49. The summed E-state index contributed by atoms with van der Waals surface area (Å²) in [6.07, 6.45) is 13.4. The molecule has 0 N–H and O–H groups in total. The third kappa shape index (κ3) is 3.67. The summed E-state index contributed by atoms with van der Waals surface area (Å²) in [5.74, 6) is 3.40. The van der Waals surface area contributed by atoms with Crippen molar-refractivity contribution in [3.63, 3.8) is 0 Å². The Morgan fingerprint density at radius 3 is 2.48 bits per heavy atom. The Balaban J connectivity index is 1.56. The zero-order valence-electron chi connectivity index (χ0n) is 19.9. The van der Waals surface area contributed by atoms with E-state index in [-0.39, 0.29) is 0 Å². The molecular weight excluding hydrogens is 374 g/mol. The lowest BCUT2D eigenvalue weighted by atomic mass is 9.46. The van der Waals surface area contributed by atoms with E-state index >= 15 is 0 Å². The summed E-state index contributed by atoms with van der Waals surface area (Å²) >= 11 is 0.